The van der Waals surface area contributed by atoms with E-state index in [1.54, 1.807) is 23.1 Å². The molecular weight excluding hydrogens is 238 g/mol. The SMILES string of the molecule is Cc1cc(O)ccc1-c1cccc(-n2cncn2)c1. The monoisotopic (exact) mass is 251 g/mol. The fourth-order valence-corrected chi connectivity index (χ4v) is 2.13. The zero-order chi connectivity index (χ0) is 13.2. The van der Waals surface area contributed by atoms with Crippen LogP contribution in [0, 0.1) is 6.92 Å². The van der Waals surface area contributed by atoms with Crippen LogP contribution in [0.15, 0.2) is 55.1 Å². The van der Waals surface area contributed by atoms with E-state index in [9.17, 15) is 5.11 Å². The topological polar surface area (TPSA) is 50.9 Å². The largest absolute Gasteiger partial charge is 0.508 e. The average molecular weight is 251 g/mol. The van der Waals surface area contributed by atoms with E-state index in [1.165, 1.54) is 6.33 Å². The molecule has 0 atom stereocenters. The summed E-state index contributed by atoms with van der Waals surface area (Å²) in [6, 6.07) is 13.4. The van der Waals surface area contributed by atoms with E-state index in [0.717, 1.165) is 22.4 Å². The first-order valence-corrected chi connectivity index (χ1v) is 5.99. The minimum atomic E-state index is 0.286. The molecule has 3 aromatic rings. The number of nitrogens with zero attached hydrogens (tertiary/aromatic N) is 3. The second-order valence-corrected chi connectivity index (χ2v) is 4.39. The maximum Gasteiger partial charge on any atom is 0.138 e. The van der Waals surface area contributed by atoms with Crippen LogP contribution in [0.25, 0.3) is 16.8 Å². The van der Waals surface area contributed by atoms with Crippen LogP contribution in [-0.2, 0) is 0 Å². The van der Waals surface area contributed by atoms with Crippen LogP contribution in [0.1, 0.15) is 5.56 Å². The quantitative estimate of drug-likeness (QED) is 0.761. The van der Waals surface area contributed by atoms with Gasteiger partial charge in [-0.25, -0.2) is 9.67 Å². The molecule has 1 aromatic heterocycles. The smallest absolute Gasteiger partial charge is 0.138 e. The van der Waals surface area contributed by atoms with Gasteiger partial charge in [-0.1, -0.05) is 18.2 Å². The Hall–Kier alpha value is -2.62. The minimum absolute atomic E-state index is 0.286. The summed E-state index contributed by atoms with van der Waals surface area (Å²) in [5.74, 6) is 0.286. The van der Waals surface area contributed by atoms with E-state index >= 15 is 0 Å². The summed E-state index contributed by atoms with van der Waals surface area (Å²) in [4.78, 5) is 3.95. The van der Waals surface area contributed by atoms with Crippen LogP contribution in [0.4, 0.5) is 0 Å². The normalized spacial score (nSPS) is 10.6. The van der Waals surface area contributed by atoms with Crippen molar-refractivity contribution in [3.63, 3.8) is 0 Å². The lowest BCUT2D eigenvalue weighted by Gasteiger charge is -2.08. The molecule has 4 heteroatoms. The highest BCUT2D eigenvalue weighted by atomic mass is 16.3. The molecule has 0 saturated heterocycles. The zero-order valence-corrected chi connectivity index (χ0v) is 10.5. The predicted molar refractivity (Wildman–Crippen MR) is 73.2 cm³/mol. The van der Waals surface area contributed by atoms with Gasteiger partial charge in [0.15, 0.2) is 0 Å². The number of benzene rings is 2. The van der Waals surface area contributed by atoms with Crippen molar-refractivity contribution < 1.29 is 5.11 Å². The first kappa shape index (κ1) is 11.5. The van der Waals surface area contributed by atoms with Crippen LogP contribution in [-0.4, -0.2) is 19.9 Å². The van der Waals surface area contributed by atoms with Gasteiger partial charge < -0.3 is 5.11 Å². The van der Waals surface area contributed by atoms with Gasteiger partial charge in [0, 0.05) is 0 Å². The number of aromatic hydroxyl groups is 1. The Kier molecular flexibility index (Phi) is 2.76. The second kappa shape index (κ2) is 4.57. The molecular formula is C15H13N3O. The summed E-state index contributed by atoms with van der Waals surface area (Å²) in [7, 11) is 0. The van der Waals surface area contributed by atoms with Gasteiger partial charge in [-0.15, -0.1) is 0 Å². The number of hydrogen-bond acceptors (Lipinski definition) is 3. The third kappa shape index (κ3) is 2.20. The Bertz CT molecular complexity index is 705. The van der Waals surface area contributed by atoms with Gasteiger partial charge >= 0.3 is 0 Å². The number of rotatable bonds is 2. The molecule has 19 heavy (non-hydrogen) atoms. The van der Waals surface area contributed by atoms with Gasteiger partial charge in [-0.3, -0.25) is 0 Å². The van der Waals surface area contributed by atoms with Crippen molar-refractivity contribution in [3.8, 4) is 22.6 Å². The van der Waals surface area contributed by atoms with Crippen molar-refractivity contribution >= 4 is 0 Å². The Labute approximate surface area is 111 Å². The van der Waals surface area contributed by atoms with Crippen LogP contribution in [0.2, 0.25) is 0 Å². The fraction of sp³-hybridized carbons (Fsp3) is 0.0667. The van der Waals surface area contributed by atoms with E-state index in [0.29, 0.717) is 0 Å². The molecule has 3 rings (SSSR count). The molecule has 1 heterocycles. The molecule has 4 nitrogen and oxygen atoms in total. The summed E-state index contributed by atoms with van der Waals surface area (Å²) >= 11 is 0. The number of hydrogen-bond donors (Lipinski definition) is 1. The van der Waals surface area contributed by atoms with Gasteiger partial charge in [0.25, 0.3) is 0 Å². The molecule has 0 unspecified atom stereocenters. The highest BCUT2D eigenvalue weighted by Gasteiger charge is 2.05. The number of phenols is 1. The van der Waals surface area contributed by atoms with Crippen molar-refractivity contribution in [2.75, 3.05) is 0 Å². The fourth-order valence-electron chi connectivity index (χ4n) is 2.13. The Morgan fingerprint density at radius 1 is 1.11 bits per heavy atom. The first-order valence-electron chi connectivity index (χ1n) is 5.99. The standard InChI is InChI=1S/C15H13N3O/c1-11-7-14(19)5-6-15(11)12-3-2-4-13(8-12)18-10-16-9-17-18/h2-10,19H,1H3. The van der Waals surface area contributed by atoms with Crippen molar-refractivity contribution in [2.24, 2.45) is 0 Å². The third-order valence-electron chi connectivity index (χ3n) is 3.05. The summed E-state index contributed by atoms with van der Waals surface area (Å²) in [6.45, 7) is 1.98. The molecule has 0 bridgehead atoms. The van der Waals surface area contributed by atoms with Gasteiger partial charge in [0.05, 0.1) is 5.69 Å². The molecule has 2 aromatic carbocycles. The zero-order valence-electron chi connectivity index (χ0n) is 10.5. The highest BCUT2D eigenvalue weighted by molar-refractivity contribution is 5.69. The molecule has 0 aliphatic carbocycles. The lowest BCUT2D eigenvalue weighted by Crippen LogP contribution is -1.94. The molecule has 0 radical (unpaired) electrons. The second-order valence-electron chi connectivity index (χ2n) is 4.39. The van der Waals surface area contributed by atoms with Crippen molar-refractivity contribution in [3.05, 3.63) is 60.7 Å². The van der Waals surface area contributed by atoms with Gasteiger partial charge in [-0.05, 0) is 47.9 Å². The lowest BCUT2D eigenvalue weighted by molar-refractivity contribution is 0.475. The van der Waals surface area contributed by atoms with E-state index in [4.69, 9.17) is 0 Å². The summed E-state index contributed by atoms with van der Waals surface area (Å²) in [6.07, 6.45) is 3.18. The molecule has 0 spiro atoms. The van der Waals surface area contributed by atoms with Gasteiger partial charge in [0.2, 0.25) is 0 Å². The van der Waals surface area contributed by atoms with Crippen LogP contribution in [0.3, 0.4) is 0 Å². The maximum absolute atomic E-state index is 9.47. The first-order chi connectivity index (χ1) is 9.24. The predicted octanol–water partition coefficient (Wildman–Crippen LogP) is 2.95. The number of aromatic nitrogens is 3. The lowest BCUT2D eigenvalue weighted by atomic mass is 10.00. The Balaban J connectivity index is 2.08. The molecule has 0 aliphatic rings. The van der Waals surface area contributed by atoms with E-state index in [1.807, 2.05) is 37.3 Å². The third-order valence-corrected chi connectivity index (χ3v) is 3.05. The molecule has 1 N–H and O–H groups in total. The minimum Gasteiger partial charge on any atom is -0.508 e. The summed E-state index contributed by atoms with van der Waals surface area (Å²) in [5.41, 5.74) is 4.18. The summed E-state index contributed by atoms with van der Waals surface area (Å²) < 4.78 is 1.72. The van der Waals surface area contributed by atoms with Crippen molar-refractivity contribution in [2.45, 2.75) is 6.92 Å². The number of phenolic OH excluding ortho intramolecular Hbond substituents is 1. The van der Waals surface area contributed by atoms with Crippen LogP contribution < -0.4 is 0 Å². The van der Waals surface area contributed by atoms with Gasteiger partial charge in [-0.2, -0.15) is 5.10 Å². The molecule has 0 aliphatic heterocycles. The highest BCUT2D eigenvalue weighted by Crippen LogP contribution is 2.27. The molecule has 0 saturated carbocycles. The van der Waals surface area contributed by atoms with Gasteiger partial charge in [0.1, 0.15) is 18.4 Å². The van der Waals surface area contributed by atoms with E-state index in [2.05, 4.69) is 10.1 Å². The van der Waals surface area contributed by atoms with Crippen molar-refractivity contribution in [1.82, 2.24) is 14.8 Å². The van der Waals surface area contributed by atoms with E-state index < -0.39 is 0 Å². The summed E-state index contributed by atoms with van der Waals surface area (Å²) in [5, 5.41) is 13.6. The maximum atomic E-state index is 9.47. The molecule has 0 fully saturated rings. The molecule has 0 amide bonds. The Morgan fingerprint density at radius 3 is 2.74 bits per heavy atom. The van der Waals surface area contributed by atoms with Crippen molar-refractivity contribution in [1.29, 1.82) is 0 Å². The van der Waals surface area contributed by atoms with Crippen LogP contribution in [0.5, 0.6) is 5.75 Å². The molecule has 94 valence electrons. The Morgan fingerprint density at radius 2 is 2.00 bits per heavy atom. The number of aryl methyl sites for hydroxylation is 1. The van der Waals surface area contributed by atoms with Crippen LogP contribution >= 0.6 is 0 Å². The van der Waals surface area contributed by atoms with E-state index in [-0.39, 0.29) is 5.75 Å². The average Bonchev–Trinajstić information content (AvgIpc) is 2.93.